The first kappa shape index (κ1) is 19.4. The summed E-state index contributed by atoms with van der Waals surface area (Å²) >= 11 is 10.7. The van der Waals surface area contributed by atoms with Gasteiger partial charge in [-0.15, -0.1) is 23.2 Å². The monoisotopic (exact) mass is 396 g/mol. The molecule has 1 saturated heterocycles. The smallest absolute Gasteiger partial charge is 0.330 e. The van der Waals surface area contributed by atoms with Crippen molar-refractivity contribution < 1.29 is 28.9 Å². The zero-order chi connectivity index (χ0) is 18.6. The molecule has 3 unspecified atom stereocenters. The van der Waals surface area contributed by atoms with Crippen molar-refractivity contribution in [3.05, 3.63) is 33.1 Å². The van der Waals surface area contributed by atoms with Crippen LogP contribution >= 0.6 is 23.2 Å². The van der Waals surface area contributed by atoms with E-state index in [9.17, 15) is 24.3 Å². The quantitative estimate of drug-likeness (QED) is 0.448. The van der Waals surface area contributed by atoms with Crippen LogP contribution in [0.4, 0.5) is 0 Å². The van der Waals surface area contributed by atoms with Gasteiger partial charge in [0.25, 0.3) is 5.56 Å². The highest BCUT2D eigenvalue weighted by molar-refractivity contribution is 6.26. The van der Waals surface area contributed by atoms with Crippen molar-refractivity contribution in [2.45, 2.75) is 24.5 Å². The Morgan fingerprint density at radius 2 is 1.96 bits per heavy atom. The van der Waals surface area contributed by atoms with E-state index in [1.165, 1.54) is 0 Å². The summed E-state index contributed by atoms with van der Waals surface area (Å²) in [5, 5.41) is 10.4. The van der Waals surface area contributed by atoms with Crippen LogP contribution < -0.4 is 11.2 Å². The summed E-state index contributed by atoms with van der Waals surface area (Å²) in [6.45, 7) is -0.378. The van der Waals surface area contributed by atoms with Gasteiger partial charge in [0.2, 0.25) is 0 Å². The second kappa shape index (κ2) is 8.48. The zero-order valence-corrected chi connectivity index (χ0v) is 14.1. The van der Waals surface area contributed by atoms with Crippen LogP contribution in [0.25, 0.3) is 0 Å². The number of hydrogen-bond acceptors (Lipinski definition) is 8. The van der Waals surface area contributed by atoms with E-state index in [2.05, 4.69) is 0 Å². The number of rotatable bonds is 6. The minimum Gasteiger partial charge on any atom is -0.462 e. The third-order valence-corrected chi connectivity index (χ3v) is 3.77. The molecule has 2 N–H and O–H groups in total. The molecule has 138 valence electrons. The topological polar surface area (TPSA) is 137 Å². The fourth-order valence-corrected chi connectivity index (χ4v) is 2.39. The first-order valence-electron chi connectivity index (χ1n) is 6.99. The van der Waals surface area contributed by atoms with E-state index in [0.29, 0.717) is 0 Å². The van der Waals surface area contributed by atoms with E-state index in [1.807, 2.05) is 4.98 Å². The van der Waals surface area contributed by atoms with E-state index >= 15 is 0 Å². The lowest BCUT2D eigenvalue weighted by atomic mass is 10.1. The van der Waals surface area contributed by atoms with Crippen molar-refractivity contribution in [1.29, 1.82) is 0 Å². The van der Waals surface area contributed by atoms with E-state index < -0.39 is 59.5 Å². The van der Waals surface area contributed by atoms with Crippen molar-refractivity contribution in [1.82, 2.24) is 9.55 Å². The predicted molar refractivity (Wildman–Crippen MR) is 83.5 cm³/mol. The summed E-state index contributed by atoms with van der Waals surface area (Å²) in [5.74, 6) is -2.45. The molecule has 0 aliphatic carbocycles. The minimum atomic E-state index is -1.48. The van der Waals surface area contributed by atoms with Gasteiger partial charge in [0.1, 0.15) is 30.6 Å². The van der Waals surface area contributed by atoms with E-state index in [4.69, 9.17) is 37.4 Å². The average molecular weight is 397 g/mol. The van der Waals surface area contributed by atoms with Crippen molar-refractivity contribution in [3.8, 4) is 0 Å². The largest absolute Gasteiger partial charge is 0.462 e. The van der Waals surface area contributed by atoms with E-state index in [1.54, 1.807) is 0 Å². The number of halogens is 2. The molecule has 10 nitrogen and oxygen atoms in total. The molecule has 1 aliphatic rings. The van der Waals surface area contributed by atoms with Gasteiger partial charge in [-0.1, -0.05) is 0 Å². The molecule has 1 aromatic rings. The fraction of sp³-hybridized carbons (Fsp3) is 0.538. The number of alkyl halides is 2. The molecule has 0 radical (unpaired) electrons. The van der Waals surface area contributed by atoms with Gasteiger partial charge in [-0.2, -0.15) is 0 Å². The zero-order valence-electron chi connectivity index (χ0n) is 12.6. The summed E-state index contributed by atoms with van der Waals surface area (Å²) in [4.78, 5) is 47.6. The SMILES string of the molecule is O=C(CCl)OCC1OC(n2ccc(=O)[nH]c2=O)C(O)[C@@H]1OC(=O)CCl. The molecule has 0 spiro atoms. The third kappa shape index (κ3) is 4.60. The van der Waals surface area contributed by atoms with Gasteiger partial charge in [-0.25, -0.2) is 4.79 Å². The maximum Gasteiger partial charge on any atom is 0.330 e. The molecule has 12 heteroatoms. The first-order chi connectivity index (χ1) is 11.9. The molecule has 1 aliphatic heterocycles. The molecular formula is C13H14Cl2N2O8. The van der Waals surface area contributed by atoms with Gasteiger partial charge >= 0.3 is 17.6 Å². The van der Waals surface area contributed by atoms with E-state index in [0.717, 1.165) is 16.8 Å². The first-order valence-corrected chi connectivity index (χ1v) is 8.06. The minimum absolute atomic E-state index is 0.378. The van der Waals surface area contributed by atoms with Crippen molar-refractivity contribution in [3.63, 3.8) is 0 Å². The van der Waals surface area contributed by atoms with Gasteiger partial charge in [-0.3, -0.25) is 23.9 Å². The number of hydrogen-bond donors (Lipinski definition) is 2. The average Bonchev–Trinajstić information content (AvgIpc) is 2.88. The molecule has 0 bridgehead atoms. The Hall–Kier alpha value is -1.88. The summed E-state index contributed by atoms with van der Waals surface area (Å²) < 4.78 is 16.2. The number of aliphatic hydroxyl groups is 1. The number of aromatic amines is 1. The summed E-state index contributed by atoms with van der Waals surface area (Å²) in [6, 6.07) is 1.05. The highest BCUT2D eigenvalue weighted by Crippen LogP contribution is 2.30. The molecule has 4 atom stereocenters. The second-order valence-electron chi connectivity index (χ2n) is 4.98. The van der Waals surface area contributed by atoms with Gasteiger partial charge in [-0.05, 0) is 0 Å². The number of nitrogens with zero attached hydrogens (tertiary/aromatic N) is 1. The van der Waals surface area contributed by atoms with Crippen LogP contribution in [-0.4, -0.2) is 63.3 Å². The molecule has 0 amide bonds. The number of ether oxygens (including phenoxy) is 3. The number of H-pyrrole nitrogens is 1. The normalized spacial score (nSPS) is 25.6. The number of carbonyl (C=O) groups excluding carboxylic acids is 2. The standard InChI is InChI=1S/C13H14Cl2N2O8/c14-3-8(19)23-5-6-11(25-9(20)4-15)10(21)12(24-6)17-2-1-7(18)16-13(17)22/h1-2,6,10-12,21H,3-5H2,(H,16,18,22)/t6?,10?,11-,12?/m1/s1. The maximum absolute atomic E-state index is 11.9. The van der Waals surface area contributed by atoms with Crippen molar-refractivity contribution >= 4 is 35.1 Å². The summed E-state index contributed by atoms with van der Waals surface area (Å²) in [6.07, 6.45) is -3.97. The predicted octanol–water partition coefficient (Wildman–Crippen LogP) is -1.27. The second-order valence-corrected chi connectivity index (χ2v) is 5.51. The highest BCUT2D eigenvalue weighted by atomic mass is 35.5. The third-order valence-electron chi connectivity index (χ3n) is 3.33. The maximum atomic E-state index is 11.9. The van der Waals surface area contributed by atoms with Crippen LogP contribution in [0.5, 0.6) is 0 Å². The Morgan fingerprint density at radius 3 is 2.56 bits per heavy atom. The van der Waals surface area contributed by atoms with Crippen LogP contribution in [0.3, 0.4) is 0 Å². The van der Waals surface area contributed by atoms with Crippen LogP contribution in [-0.2, 0) is 23.8 Å². The Labute approximate surface area is 150 Å². The summed E-state index contributed by atoms with van der Waals surface area (Å²) in [7, 11) is 0. The number of esters is 2. The Morgan fingerprint density at radius 1 is 1.28 bits per heavy atom. The highest BCUT2D eigenvalue weighted by Gasteiger charge is 2.48. The van der Waals surface area contributed by atoms with Crippen LogP contribution in [0, 0.1) is 0 Å². The van der Waals surface area contributed by atoms with Crippen LogP contribution in [0.2, 0.25) is 0 Å². The van der Waals surface area contributed by atoms with Crippen LogP contribution in [0.1, 0.15) is 6.23 Å². The molecule has 2 heterocycles. The summed E-state index contributed by atoms with van der Waals surface area (Å²) in [5.41, 5.74) is -1.47. The van der Waals surface area contributed by atoms with Gasteiger partial charge in [0, 0.05) is 12.3 Å². The molecule has 0 aromatic carbocycles. The van der Waals surface area contributed by atoms with Crippen molar-refractivity contribution in [2.24, 2.45) is 0 Å². The lowest BCUT2D eigenvalue weighted by Crippen LogP contribution is -2.40. The fourth-order valence-electron chi connectivity index (χ4n) is 2.25. The molecule has 2 rings (SSSR count). The Kier molecular flexibility index (Phi) is 6.59. The number of carbonyl (C=O) groups is 2. The lowest BCUT2D eigenvalue weighted by molar-refractivity contribution is -0.157. The molecule has 25 heavy (non-hydrogen) atoms. The van der Waals surface area contributed by atoms with Crippen LogP contribution in [0.15, 0.2) is 21.9 Å². The van der Waals surface area contributed by atoms with Gasteiger partial charge in [0.15, 0.2) is 12.3 Å². The molecular weight excluding hydrogens is 383 g/mol. The number of nitrogens with one attached hydrogen (secondary N) is 1. The van der Waals surface area contributed by atoms with E-state index in [-0.39, 0.29) is 6.61 Å². The molecule has 1 aromatic heterocycles. The van der Waals surface area contributed by atoms with Gasteiger partial charge in [0.05, 0.1) is 0 Å². The Balaban J connectivity index is 2.25. The molecule has 0 saturated carbocycles. The number of aliphatic hydroxyl groups excluding tert-OH is 1. The number of aromatic nitrogens is 2. The van der Waals surface area contributed by atoms with Gasteiger partial charge < -0.3 is 19.3 Å². The lowest BCUT2D eigenvalue weighted by Gasteiger charge is -2.20. The molecule has 1 fully saturated rings. The van der Waals surface area contributed by atoms with Crippen molar-refractivity contribution in [2.75, 3.05) is 18.4 Å². The Bertz CT molecular complexity index is 748.